The highest BCUT2D eigenvalue weighted by atomic mass is 35.5. The quantitative estimate of drug-likeness (QED) is 0.851. The molecule has 0 radical (unpaired) electrons. The second kappa shape index (κ2) is 6.74. The van der Waals surface area contributed by atoms with Crippen molar-refractivity contribution in [2.75, 3.05) is 7.11 Å². The van der Waals surface area contributed by atoms with E-state index in [0.717, 1.165) is 0 Å². The van der Waals surface area contributed by atoms with Gasteiger partial charge in [-0.2, -0.15) is 0 Å². The molecule has 0 amide bonds. The van der Waals surface area contributed by atoms with Crippen molar-refractivity contribution in [3.63, 3.8) is 0 Å². The second-order valence-corrected chi connectivity index (χ2v) is 5.10. The van der Waals surface area contributed by atoms with Gasteiger partial charge in [-0.3, -0.25) is 0 Å². The number of benzene rings is 2. The molecule has 0 aromatic heterocycles. The smallest absolute Gasteiger partial charge is 0.161 e. The molecule has 2 aromatic carbocycles. The first-order valence-electron chi connectivity index (χ1n) is 6.06. The number of hydrogen-bond donors (Lipinski definition) is 1. The third kappa shape index (κ3) is 3.83. The Labute approximate surface area is 132 Å². The maximum absolute atomic E-state index is 13.0. The molecule has 2 aromatic rings. The Morgan fingerprint density at radius 1 is 1.24 bits per heavy atom. The van der Waals surface area contributed by atoms with Gasteiger partial charge in [0.25, 0.3) is 0 Å². The Morgan fingerprint density at radius 2 is 2.00 bits per heavy atom. The molecule has 6 heteroatoms. The van der Waals surface area contributed by atoms with E-state index in [1.54, 1.807) is 24.3 Å². The number of rotatable bonds is 5. The Kier molecular flexibility index (Phi) is 4.98. The summed E-state index contributed by atoms with van der Waals surface area (Å²) in [5.41, 5.74) is 6.94. The zero-order valence-electron chi connectivity index (χ0n) is 11.2. The average molecular weight is 326 g/mol. The van der Waals surface area contributed by atoms with Crippen LogP contribution in [0.4, 0.5) is 4.39 Å². The lowest BCUT2D eigenvalue weighted by Gasteiger charge is -2.12. The van der Waals surface area contributed by atoms with Gasteiger partial charge in [-0.15, -0.1) is 0 Å². The Morgan fingerprint density at radius 3 is 2.62 bits per heavy atom. The van der Waals surface area contributed by atoms with Crippen LogP contribution in [-0.4, -0.2) is 12.1 Å². The molecule has 0 saturated heterocycles. The first-order chi connectivity index (χ1) is 10.0. The van der Waals surface area contributed by atoms with Crippen LogP contribution in [0.3, 0.4) is 0 Å². The van der Waals surface area contributed by atoms with Gasteiger partial charge in [0.05, 0.1) is 12.1 Å². The van der Waals surface area contributed by atoms with Crippen molar-refractivity contribution in [1.29, 1.82) is 0 Å². The largest absolute Gasteiger partial charge is 0.493 e. The lowest BCUT2D eigenvalue weighted by atomic mass is 10.2. The van der Waals surface area contributed by atoms with Crippen LogP contribution >= 0.6 is 23.8 Å². The molecular weight excluding hydrogens is 313 g/mol. The normalized spacial score (nSPS) is 10.2. The zero-order chi connectivity index (χ0) is 15.4. The molecule has 2 rings (SSSR count). The number of nitrogens with two attached hydrogens (primary N) is 1. The molecule has 0 aliphatic heterocycles. The minimum absolute atomic E-state index is 0.196. The van der Waals surface area contributed by atoms with Crippen LogP contribution in [0.1, 0.15) is 11.1 Å². The van der Waals surface area contributed by atoms with Crippen LogP contribution < -0.4 is 15.2 Å². The van der Waals surface area contributed by atoms with Crippen LogP contribution in [0, 0.1) is 5.82 Å². The van der Waals surface area contributed by atoms with Crippen molar-refractivity contribution in [1.82, 2.24) is 0 Å². The van der Waals surface area contributed by atoms with Gasteiger partial charge in [-0.1, -0.05) is 29.9 Å². The van der Waals surface area contributed by atoms with Gasteiger partial charge in [0.1, 0.15) is 17.4 Å². The lowest BCUT2D eigenvalue weighted by Crippen LogP contribution is -2.09. The van der Waals surface area contributed by atoms with Crippen molar-refractivity contribution >= 4 is 28.8 Å². The van der Waals surface area contributed by atoms with E-state index in [0.29, 0.717) is 27.6 Å². The number of methoxy groups -OCH3 is 1. The molecule has 2 N–H and O–H groups in total. The van der Waals surface area contributed by atoms with Gasteiger partial charge >= 0.3 is 0 Å². The predicted molar refractivity (Wildman–Crippen MR) is 84.6 cm³/mol. The van der Waals surface area contributed by atoms with Gasteiger partial charge in [-0.05, 0) is 30.3 Å². The van der Waals surface area contributed by atoms with Gasteiger partial charge in [0.2, 0.25) is 0 Å². The molecule has 0 atom stereocenters. The van der Waals surface area contributed by atoms with E-state index in [2.05, 4.69) is 0 Å². The van der Waals surface area contributed by atoms with Crippen molar-refractivity contribution in [3.8, 4) is 11.5 Å². The molecule has 0 bridgehead atoms. The molecule has 110 valence electrons. The van der Waals surface area contributed by atoms with Crippen molar-refractivity contribution in [2.24, 2.45) is 5.73 Å². The van der Waals surface area contributed by atoms with Crippen molar-refractivity contribution in [3.05, 3.63) is 58.4 Å². The van der Waals surface area contributed by atoms with E-state index in [4.69, 9.17) is 39.0 Å². The van der Waals surface area contributed by atoms with E-state index in [1.165, 1.54) is 19.2 Å². The fourth-order valence-corrected chi connectivity index (χ4v) is 2.08. The highest BCUT2D eigenvalue weighted by molar-refractivity contribution is 7.80. The number of hydrogen-bond acceptors (Lipinski definition) is 3. The van der Waals surface area contributed by atoms with E-state index < -0.39 is 0 Å². The molecule has 0 aliphatic carbocycles. The summed E-state index contributed by atoms with van der Waals surface area (Å²) in [5, 5.41) is 0.314. The summed E-state index contributed by atoms with van der Waals surface area (Å²) in [6, 6.07) is 9.31. The standard InChI is InChI=1S/C15H13ClFNO2S/c1-19-14-6-9(15(18)21)3-5-13(14)20-8-10-2-4-11(17)7-12(10)16/h2-7H,8H2,1H3,(H2,18,21). The lowest BCUT2D eigenvalue weighted by molar-refractivity contribution is 0.284. The van der Waals surface area contributed by atoms with Crippen LogP contribution in [-0.2, 0) is 6.61 Å². The van der Waals surface area contributed by atoms with Crippen molar-refractivity contribution < 1.29 is 13.9 Å². The Bertz CT molecular complexity index is 679. The highest BCUT2D eigenvalue weighted by Gasteiger charge is 2.09. The third-order valence-corrected chi connectivity index (χ3v) is 3.43. The minimum Gasteiger partial charge on any atom is -0.493 e. The topological polar surface area (TPSA) is 44.5 Å². The van der Waals surface area contributed by atoms with Crippen LogP contribution in [0.25, 0.3) is 0 Å². The molecule has 0 heterocycles. The number of halogens is 2. The monoisotopic (exact) mass is 325 g/mol. The third-order valence-electron chi connectivity index (χ3n) is 2.85. The zero-order valence-corrected chi connectivity index (χ0v) is 12.8. The highest BCUT2D eigenvalue weighted by Crippen LogP contribution is 2.29. The summed E-state index contributed by atoms with van der Waals surface area (Å²) in [7, 11) is 1.52. The van der Waals surface area contributed by atoms with E-state index in [-0.39, 0.29) is 17.4 Å². The molecule has 21 heavy (non-hydrogen) atoms. The summed E-state index contributed by atoms with van der Waals surface area (Å²) >= 11 is 10.9. The van der Waals surface area contributed by atoms with E-state index in [1.807, 2.05) is 0 Å². The Hall–Kier alpha value is -1.85. The summed E-state index contributed by atoms with van der Waals surface area (Å²) in [4.78, 5) is 0.279. The van der Waals surface area contributed by atoms with E-state index >= 15 is 0 Å². The fourth-order valence-electron chi connectivity index (χ4n) is 1.73. The first-order valence-corrected chi connectivity index (χ1v) is 6.84. The van der Waals surface area contributed by atoms with Crippen LogP contribution in [0.5, 0.6) is 11.5 Å². The molecule has 0 aliphatic rings. The molecule has 0 unspecified atom stereocenters. The second-order valence-electron chi connectivity index (χ2n) is 4.25. The molecular formula is C15H13ClFNO2S. The summed E-state index contributed by atoms with van der Waals surface area (Å²) in [6.45, 7) is 0.196. The molecule has 0 spiro atoms. The minimum atomic E-state index is -0.387. The average Bonchev–Trinajstić information content (AvgIpc) is 2.46. The summed E-state index contributed by atoms with van der Waals surface area (Å²) in [6.07, 6.45) is 0. The van der Waals surface area contributed by atoms with Crippen molar-refractivity contribution in [2.45, 2.75) is 6.61 Å². The van der Waals surface area contributed by atoms with Crippen LogP contribution in [0.2, 0.25) is 5.02 Å². The fraction of sp³-hybridized carbons (Fsp3) is 0.133. The molecule has 0 saturated carbocycles. The van der Waals surface area contributed by atoms with Gasteiger partial charge in [-0.25, -0.2) is 4.39 Å². The van der Waals surface area contributed by atoms with Gasteiger partial charge in [0.15, 0.2) is 11.5 Å². The maximum atomic E-state index is 13.0. The van der Waals surface area contributed by atoms with Gasteiger partial charge in [0, 0.05) is 11.1 Å². The number of thiocarbonyl (C=S) groups is 1. The molecule has 3 nitrogen and oxygen atoms in total. The Balaban J connectivity index is 2.17. The first kappa shape index (κ1) is 15.5. The molecule has 0 fully saturated rings. The van der Waals surface area contributed by atoms with E-state index in [9.17, 15) is 4.39 Å². The SMILES string of the molecule is COc1cc(C(N)=S)ccc1OCc1ccc(F)cc1Cl. The number of ether oxygens (including phenoxy) is 2. The van der Waals surface area contributed by atoms with Gasteiger partial charge < -0.3 is 15.2 Å². The summed E-state index contributed by atoms with van der Waals surface area (Å²) < 4.78 is 23.9. The van der Waals surface area contributed by atoms with Crippen LogP contribution in [0.15, 0.2) is 36.4 Å². The summed E-state index contributed by atoms with van der Waals surface area (Å²) in [5.74, 6) is 0.651. The maximum Gasteiger partial charge on any atom is 0.161 e. The predicted octanol–water partition coefficient (Wildman–Crippen LogP) is 3.70.